The lowest BCUT2D eigenvalue weighted by Crippen LogP contribution is -2.32. The van der Waals surface area contributed by atoms with E-state index in [0.29, 0.717) is 0 Å². The molecule has 322 valence electrons. The average Bonchev–Trinajstić information content (AvgIpc) is 3.87. The molecular formula is C66H41NS2. The standard InChI is InChI=1S/C66H41NS2/c1-2-18-42(19-3-1)45-36-39-60(49-23-5-4-20-46(45)49)67(43-34-37-54-50(40-43)47-21-6-8-24-52(47)65(54)56-26-10-14-30-61(56)68-62-31-15-11-27-57(62)65)44-35-38-55-51(41-44)48-22-7-9-25-53(48)66(55)58-28-12-16-32-63(58)69-64-33-17-13-29-59(64)66/h1-41H. The Morgan fingerprint density at radius 1 is 0.261 bits per heavy atom. The molecule has 0 bridgehead atoms. The third-order valence-electron chi connectivity index (χ3n) is 15.4. The Bertz CT molecular complexity index is 3660. The van der Waals surface area contributed by atoms with Crippen molar-refractivity contribution in [3.8, 4) is 33.4 Å². The molecule has 0 fully saturated rings. The highest BCUT2D eigenvalue weighted by atomic mass is 32.2. The summed E-state index contributed by atoms with van der Waals surface area (Å²) in [7, 11) is 0. The van der Waals surface area contributed by atoms with E-state index in [9.17, 15) is 0 Å². The Kier molecular flexibility index (Phi) is 8.43. The summed E-state index contributed by atoms with van der Waals surface area (Å²) >= 11 is 3.78. The molecule has 0 saturated heterocycles. The van der Waals surface area contributed by atoms with E-state index in [0.717, 1.165) is 17.1 Å². The van der Waals surface area contributed by atoms with E-state index in [1.54, 1.807) is 0 Å². The molecule has 0 N–H and O–H groups in total. The molecule has 0 saturated carbocycles. The molecule has 4 aliphatic rings. The summed E-state index contributed by atoms with van der Waals surface area (Å²) in [6.45, 7) is 0. The first-order valence-corrected chi connectivity index (χ1v) is 25.5. The average molecular weight is 912 g/mol. The van der Waals surface area contributed by atoms with Crippen LogP contribution in [-0.2, 0) is 10.8 Å². The van der Waals surface area contributed by atoms with E-state index in [2.05, 4.69) is 254 Å². The normalized spacial score (nSPS) is 14.5. The van der Waals surface area contributed by atoms with E-state index in [1.165, 1.54) is 108 Å². The lowest BCUT2D eigenvalue weighted by molar-refractivity contribution is 0.722. The molecule has 2 spiro atoms. The van der Waals surface area contributed by atoms with Gasteiger partial charge in [0.1, 0.15) is 0 Å². The Hall–Kier alpha value is -7.82. The molecule has 0 atom stereocenters. The monoisotopic (exact) mass is 911 g/mol. The Balaban J connectivity index is 1.00. The van der Waals surface area contributed by atoms with Gasteiger partial charge in [-0.1, -0.05) is 218 Å². The van der Waals surface area contributed by atoms with Crippen molar-refractivity contribution in [2.45, 2.75) is 30.4 Å². The molecule has 15 rings (SSSR count). The van der Waals surface area contributed by atoms with Crippen LogP contribution in [0.15, 0.2) is 268 Å². The summed E-state index contributed by atoms with van der Waals surface area (Å²) in [4.78, 5) is 7.79. The molecule has 0 radical (unpaired) electrons. The Morgan fingerprint density at radius 3 is 1.12 bits per heavy atom. The zero-order chi connectivity index (χ0) is 45.3. The molecule has 0 amide bonds. The topological polar surface area (TPSA) is 3.24 Å². The lowest BCUT2D eigenvalue weighted by Gasteiger charge is -2.40. The van der Waals surface area contributed by atoms with Crippen LogP contribution in [0.25, 0.3) is 44.2 Å². The maximum atomic E-state index is 2.54. The summed E-state index contributed by atoms with van der Waals surface area (Å²) in [6, 6.07) is 93.7. The van der Waals surface area contributed by atoms with Gasteiger partial charge in [-0.3, -0.25) is 0 Å². The second-order valence-corrected chi connectivity index (χ2v) is 20.8. The molecule has 11 aromatic carbocycles. The van der Waals surface area contributed by atoms with Gasteiger partial charge in [0.2, 0.25) is 0 Å². The predicted molar refractivity (Wildman–Crippen MR) is 287 cm³/mol. The van der Waals surface area contributed by atoms with Crippen LogP contribution < -0.4 is 4.90 Å². The highest BCUT2D eigenvalue weighted by Crippen LogP contribution is 2.65. The molecular weight excluding hydrogens is 871 g/mol. The minimum absolute atomic E-state index is 0.450. The van der Waals surface area contributed by atoms with Gasteiger partial charge in [0, 0.05) is 36.3 Å². The van der Waals surface area contributed by atoms with Crippen molar-refractivity contribution in [1.29, 1.82) is 0 Å². The van der Waals surface area contributed by atoms with E-state index >= 15 is 0 Å². The van der Waals surface area contributed by atoms with Gasteiger partial charge in [-0.2, -0.15) is 0 Å². The van der Waals surface area contributed by atoms with Crippen molar-refractivity contribution >= 4 is 51.4 Å². The van der Waals surface area contributed by atoms with Crippen molar-refractivity contribution < 1.29 is 0 Å². The van der Waals surface area contributed by atoms with Crippen LogP contribution >= 0.6 is 23.5 Å². The SMILES string of the molecule is c1ccc(-c2ccc(N(c3ccc4c(c3)-c3ccccc3C43c4ccccc4Sc4ccccc43)c3ccc4c(c3)-c3ccccc3C43c4ccccc4Sc4ccccc43)c3ccccc23)cc1. The maximum absolute atomic E-state index is 2.54. The maximum Gasteiger partial charge on any atom is 0.0735 e. The largest absolute Gasteiger partial charge is 0.310 e. The summed E-state index contributed by atoms with van der Waals surface area (Å²) in [6.07, 6.45) is 0. The van der Waals surface area contributed by atoms with Gasteiger partial charge in [-0.25, -0.2) is 0 Å². The molecule has 0 aromatic heterocycles. The summed E-state index contributed by atoms with van der Waals surface area (Å²) in [5.74, 6) is 0. The molecule has 11 aromatic rings. The second-order valence-electron chi connectivity index (χ2n) is 18.6. The van der Waals surface area contributed by atoms with Crippen LogP contribution in [-0.4, -0.2) is 0 Å². The summed E-state index contributed by atoms with van der Waals surface area (Å²) in [5, 5.41) is 2.43. The fourth-order valence-corrected chi connectivity index (χ4v) is 15.1. The predicted octanol–water partition coefficient (Wildman–Crippen LogP) is 17.6. The number of nitrogens with zero attached hydrogens (tertiary/aromatic N) is 1. The molecule has 1 nitrogen and oxygen atoms in total. The molecule has 2 aliphatic carbocycles. The minimum atomic E-state index is -0.450. The zero-order valence-electron chi connectivity index (χ0n) is 37.4. The van der Waals surface area contributed by atoms with E-state index < -0.39 is 10.8 Å². The summed E-state index contributed by atoms with van der Waals surface area (Å²) in [5.41, 5.74) is 20.8. The Morgan fingerprint density at radius 2 is 0.638 bits per heavy atom. The first-order chi connectivity index (χ1) is 34.2. The minimum Gasteiger partial charge on any atom is -0.310 e. The van der Waals surface area contributed by atoms with Crippen LogP contribution in [0.1, 0.15) is 44.5 Å². The van der Waals surface area contributed by atoms with Crippen molar-refractivity contribution in [2.75, 3.05) is 4.90 Å². The third-order valence-corrected chi connectivity index (χ3v) is 17.7. The van der Waals surface area contributed by atoms with Crippen LogP contribution in [0.5, 0.6) is 0 Å². The molecule has 3 heteroatoms. The van der Waals surface area contributed by atoms with E-state index in [4.69, 9.17) is 0 Å². The van der Waals surface area contributed by atoms with Gasteiger partial charge in [-0.05, 0) is 138 Å². The number of hydrogen-bond acceptors (Lipinski definition) is 3. The first kappa shape index (κ1) is 39.2. The van der Waals surface area contributed by atoms with Gasteiger partial charge >= 0.3 is 0 Å². The lowest BCUT2D eigenvalue weighted by atomic mass is 9.67. The second kappa shape index (κ2) is 14.8. The summed E-state index contributed by atoms with van der Waals surface area (Å²) < 4.78 is 0. The molecule has 2 aliphatic heterocycles. The fourth-order valence-electron chi connectivity index (χ4n) is 12.7. The molecule has 2 heterocycles. The van der Waals surface area contributed by atoms with Crippen molar-refractivity contribution in [2.24, 2.45) is 0 Å². The van der Waals surface area contributed by atoms with Crippen LogP contribution in [0.4, 0.5) is 17.1 Å². The molecule has 69 heavy (non-hydrogen) atoms. The number of rotatable bonds is 4. The van der Waals surface area contributed by atoms with Gasteiger partial charge in [-0.15, -0.1) is 0 Å². The number of benzene rings is 11. The van der Waals surface area contributed by atoms with Crippen LogP contribution in [0, 0.1) is 0 Å². The number of anilines is 3. The van der Waals surface area contributed by atoms with Crippen molar-refractivity contribution in [3.63, 3.8) is 0 Å². The van der Waals surface area contributed by atoms with Gasteiger partial charge < -0.3 is 4.90 Å². The number of hydrogen-bond donors (Lipinski definition) is 0. The van der Waals surface area contributed by atoms with Gasteiger partial charge in [0.15, 0.2) is 0 Å². The van der Waals surface area contributed by atoms with Gasteiger partial charge in [0.25, 0.3) is 0 Å². The fraction of sp³-hybridized carbons (Fsp3) is 0.0303. The molecule has 0 unspecified atom stereocenters. The third kappa shape index (κ3) is 5.29. The smallest absolute Gasteiger partial charge is 0.0735 e. The zero-order valence-corrected chi connectivity index (χ0v) is 39.1. The van der Waals surface area contributed by atoms with Crippen LogP contribution in [0.2, 0.25) is 0 Å². The highest BCUT2D eigenvalue weighted by Gasteiger charge is 2.52. The first-order valence-electron chi connectivity index (χ1n) is 23.8. The number of fused-ring (bicyclic) bond motifs is 19. The van der Waals surface area contributed by atoms with Crippen molar-refractivity contribution in [3.05, 3.63) is 293 Å². The van der Waals surface area contributed by atoms with E-state index in [-0.39, 0.29) is 0 Å². The quantitative estimate of drug-likeness (QED) is 0.173. The van der Waals surface area contributed by atoms with Crippen LogP contribution in [0.3, 0.4) is 0 Å². The van der Waals surface area contributed by atoms with Gasteiger partial charge in [0.05, 0.1) is 16.5 Å². The van der Waals surface area contributed by atoms with E-state index in [1.807, 2.05) is 23.5 Å². The Labute approximate surface area is 410 Å². The highest BCUT2D eigenvalue weighted by molar-refractivity contribution is 7.99. The van der Waals surface area contributed by atoms with Crippen molar-refractivity contribution in [1.82, 2.24) is 0 Å².